The predicted octanol–water partition coefficient (Wildman–Crippen LogP) is 8.21. The van der Waals surface area contributed by atoms with E-state index >= 15 is 0 Å². The summed E-state index contributed by atoms with van der Waals surface area (Å²) >= 11 is 0. The van der Waals surface area contributed by atoms with E-state index in [1.807, 2.05) is 37.3 Å². The third-order valence-electron chi connectivity index (χ3n) is 8.93. The van der Waals surface area contributed by atoms with Crippen LogP contribution in [0.25, 0.3) is 29.1 Å². The Bertz CT molecular complexity index is 1910. The van der Waals surface area contributed by atoms with Crippen molar-refractivity contribution in [2.24, 2.45) is 0 Å². The number of para-hydroxylation sites is 1. The van der Waals surface area contributed by atoms with E-state index in [-0.39, 0.29) is 5.69 Å². The fourth-order valence-corrected chi connectivity index (χ4v) is 6.21. The van der Waals surface area contributed by atoms with Crippen LogP contribution in [0.2, 0.25) is 0 Å². The number of hydrogen-bond donors (Lipinski definition) is 0. The first-order valence-corrected chi connectivity index (χ1v) is 18.0. The Balaban J connectivity index is 1.51. The number of aryl methyl sites for hydroxylation is 1. The van der Waals surface area contributed by atoms with Crippen LogP contribution in [0.5, 0.6) is 0 Å². The second-order valence-electron chi connectivity index (χ2n) is 12.6. The van der Waals surface area contributed by atoms with E-state index in [2.05, 4.69) is 54.1 Å². The summed E-state index contributed by atoms with van der Waals surface area (Å²) in [6.07, 6.45) is 22.4. The Kier molecular flexibility index (Phi) is 13.1. The summed E-state index contributed by atoms with van der Waals surface area (Å²) in [6, 6.07) is 13.8. The van der Waals surface area contributed by atoms with Crippen LogP contribution in [0.1, 0.15) is 99.8 Å². The molecule has 3 aromatic heterocycles. The molecular weight excluding hydrogens is 626 g/mol. The number of methoxy groups -OCH3 is 1. The van der Waals surface area contributed by atoms with Crippen molar-refractivity contribution in [3.63, 3.8) is 0 Å². The maximum Gasteiger partial charge on any atom is 0.359 e. The van der Waals surface area contributed by atoms with Crippen LogP contribution in [0.3, 0.4) is 0 Å². The minimum Gasteiger partial charge on any atom is -0.465 e. The Labute approximate surface area is 295 Å². The number of rotatable bonds is 17. The lowest BCUT2D eigenvalue weighted by molar-refractivity contribution is -0.135. The maximum atomic E-state index is 13.5. The zero-order valence-electron chi connectivity index (χ0n) is 29.9. The first-order chi connectivity index (χ1) is 24.5. The van der Waals surface area contributed by atoms with Crippen LogP contribution >= 0.6 is 0 Å². The summed E-state index contributed by atoms with van der Waals surface area (Å²) in [5.74, 6) is -1.02. The molecule has 0 radical (unpaired) electrons. The number of hydrogen-bond acceptors (Lipinski definition) is 8. The Hall–Kier alpha value is -5.05. The van der Waals surface area contributed by atoms with Gasteiger partial charge in [0.2, 0.25) is 0 Å². The lowest BCUT2D eigenvalue weighted by atomic mass is 10.0. The lowest BCUT2D eigenvalue weighted by Crippen LogP contribution is -2.25. The number of unbranched alkanes of at least 4 members (excludes halogenated alkanes) is 8. The van der Waals surface area contributed by atoms with E-state index in [9.17, 15) is 9.59 Å². The molecule has 0 bridgehead atoms. The van der Waals surface area contributed by atoms with Gasteiger partial charge < -0.3 is 14.4 Å². The third kappa shape index (κ3) is 8.75. The normalized spacial score (nSPS) is 14.1. The molecule has 0 atom stereocenters. The van der Waals surface area contributed by atoms with Crippen molar-refractivity contribution >= 4 is 35.4 Å². The topological polar surface area (TPSA) is 98.9 Å². The average Bonchev–Trinajstić information content (AvgIpc) is 3.66. The summed E-state index contributed by atoms with van der Waals surface area (Å²) in [6.45, 7) is 7.44. The number of nitrogens with zero attached hydrogens (tertiary/aromatic N) is 5. The van der Waals surface area contributed by atoms with Gasteiger partial charge in [0.05, 0.1) is 41.6 Å². The van der Waals surface area contributed by atoms with Gasteiger partial charge in [0.1, 0.15) is 0 Å². The molecule has 5 rings (SSSR count). The Morgan fingerprint density at radius 1 is 0.880 bits per heavy atom. The van der Waals surface area contributed by atoms with E-state index in [0.717, 1.165) is 55.6 Å². The van der Waals surface area contributed by atoms with E-state index in [1.165, 1.54) is 39.2 Å². The molecule has 1 aliphatic rings. The number of imidazole rings is 1. The fourth-order valence-electron chi connectivity index (χ4n) is 6.21. The molecule has 0 spiro atoms. The second kappa shape index (κ2) is 18.1. The van der Waals surface area contributed by atoms with Gasteiger partial charge >= 0.3 is 11.9 Å². The van der Waals surface area contributed by atoms with Crippen molar-refractivity contribution < 1.29 is 19.1 Å². The zero-order valence-corrected chi connectivity index (χ0v) is 29.9. The summed E-state index contributed by atoms with van der Waals surface area (Å²) in [7, 11) is 1.37. The van der Waals surface area contributed by atoms with E-state index in [1.54, 1.807) is 22.9 Å². The highest BCUT2D eigenvalue weighted by molar-refractivity contribution is 6.00. The van der Waals surface area contributed by atoms with Crippen LogP contribution in [0, 0.1) is 6.92 Å². The van der Waals surface area contributed by atoms with Gasteiger partial charge in [0.25, 0.3) is 0 Å². The van der Waals surface area contributed by atoms with Crippen LogP contribution in [-0.4, -0.2) is 51.8 Å². The van der Waals surface area contributed by atoms with Crippen LogP contribution in [-0.2, 0) is 14.3 Å². The molecule has 0 N–H and O–H groups in total. The summed E-state index contributed by atoms with van der Waals surface area (Å²) in [5.41, 5.74) is 5.90. The molecule has 0 fully saturated rings. The molecule has 1 aliphatic heterocycles. The van der Waals surface area contributed by atoms with E-state index in [0.29, 0.717) is 40.1 Å². The van der Waals surface area contributed by atoms with Crippen LogP contribution in [0.15, 0.2) is 78.2 Å². The maximum absolute atomic E-state index is 13.5. The van der Waals surface area contributed by atoms with Crippen molar-refractivity contribution in [3.8, 4) is 11.3 Å². The lowest BCUT2D eigenvalue weighted by Gasteiger charge is -2.30. The molecule has 0 amide bonds. The molecule has 9 nitrogen and oxygen atoms in total. The number of benzene rings is 1. The summed E-state index contributed by atoms with van der Waals surface area (Å²) in [5, 5.41) is 5.28. The van der Waals surface area contributed by atoms with Crippen molar-refractivity contribution in [3.05, 3.63) is 100 Å². The van der Waals surface area contributed by atoms with Crippen LogP contribution in [0.4, 0.5) is 5.69 Å². The fraction of sp³-hybridized carbons (Fsp3) is 0.390. The molecule has 0 aliphatic carbocycles. The molecule has 0 saturated heterocycles. The molecule has 0 saturated carbocycles. The van der Waals surface area contributed by atoms with Gasteiger partial charge in [0, 0.05) is 24.1 Å². The van der Waals surface area contributed by atoms with Gasteiger partial charge in [-0.15, -0.1) is 0 Å². The predicted molar refractivity (Wildman–Crippen MR) is 199 cm³/mol. The molecule has 9 heteroatoms. The third-order valence-corrected chi connectivity index (χ3v) is 8.93. The van der Waals surface area contributed by atoms with Gasteiger partial charge in [-0.2, -0.15) is 5.10 Å². The number of ether oxygens (including phenoxy) is 2. The van der Waals surface area contributed by atoms with Gasteiger partial charge in [-0.05, 0) is 67.8 Å². The standard InChI is InChI=1S/C41H49N5O4/c1-5-7-9-11-12-18-28-50-41(48)38-37(34-20-15-16-26-42-34)39-43-30(3)36(46(39)44-38)29-32(40(47)49-4)23-25-33-24-22-31-19-13-14-21-35(31)45(33)27-17-10-8-6-2/h13-16,19-26,29H,5-12,17-18,27-28H2,1-4H3/b32-23-,33-25+,36-29-. The van der Waals surface area contributed by atoms with Gasteiger partial charge in [-0.1, -0.05) is 95.6 Å². The number of fused-ring (bicyclic) bond motifs is 2. The number of pyridine rings is 1. The minimum atomic E-state index is -0.523. The molecule has 50 heavy (non-hydrogen) atoms. The Morgan fingerprint density at radius 3 is 2.38 bits per heavy atom. The number of carbonyl (C=O) groups is 2. The highest BCUT2D eigenvalue weighted by Gasteiger charge is 2.26. The van der Waals surface area contributed by atoms with Crippen molar-refractivity contribution in [1.29, 1.82) is 0 Å². The van der Waals surface area contributed by atoms with Crippen LogP contribution < -0.4 is 10.2 Å². The minimum absolute atomic E-state index is 0.141. The first kappa shape index (κ1) is 36.2. The van der Waals surface area contributed by atoms with E-state index < -0.39 is 11.9 Å². The summed E-state index contributed by atoms with van der Waals surface area (Å²) < 4.78 is 12.5. The number of anilines is 1. The number of aromatic nitrogens is 4. The Morgan fingerprint density at radius 2 is 1.62 bits per heavy atom. The largest absolute Gasteiger partial charge is 0.465 e. The SMILES string of the molecule is CCCCCCCCOC(=O)c1nn2\c(=C/C(=C/C=C3\C=Cc4ccccc4N3CCCCCC)C(=O)OC)c(C)nc2c1-c1ccccn1. The first-order valence-electron chi connectivity index (χ1n) is 18.0. The number of carbonyl (C=O) groups excluding carboxylic acids is 2. The number of allylic oxidation sites excluding steroid dienone is 3. The highest BCUT2D eigenvalue weighted by atomic mass is 16.5. The molecule has 262 valence electrons. The second-order valence-corrected chi connectivity index (χ2v) is 12.6. The number of esters is 2. The molecule has 4 heterocycles. The molecule has 1 aromatic carbocycles. The quantitative estimate of drug-likeness (QED) is 0.0628. The van der Waals surface area contributed by atoms with Gasteiger partial charge in [-0.3, -0.25) is 4.98 Å². The highest BCUT2D eigenvalue weighted by Crippen LogP contribution is 2.31. The average molecular weight is 676 g/mol. The smallest absolute Gasteiger partial charge is 0.359 e. The van der Waals surface area contributed by atoms with Crippen molar-refractivity contribution in [1.82, 2.24) is 19.6 Å². The van der Waals surface area contributed by atoms with Crippen molar-refractivity contribution in [2.75, 3.05) is 25.2 Å². The van der Waals surface area contributed by atoms with Crippen molar-refractivity contribution in [2.45, 2.75) is 85.0 Å². The van der Waals surface area contributed by atoms with Gasteiger partial charge in [-0.25, -0.2) is 19.1 Å². The molecule has 4 aromatic rings. The molecule has 0 unspecified atom stereocenters. The zero-order chi connectivity index (χ0) is 35.3. The van der Waals surface area contributed by atoms with E-state index in [4.69, 9.17) is 19.6 Å². The molecular formula is C41H49N5O4. The monoisotopic (exact) mass is 675 g/mol. The summed E-state index contributed by atoms with van der Waals surface area (Å²) in [4.78, 5) is 38.3. The van der Waals surface area contributed by atoms with Gasteiger partial charge in [0.15, 0.2) is 11.3 Å².